The maximum atomic E-state index is 13.6. The van der Waals surface area contributed by atoms with Crippen molar-refractivity contribution in [1.82, 2.24) is 4.90 Å². The van der Waals surface area contributed by atoms with Gasteiger partial charge >= 0.3 is 0 Å². The monoisotopic (exact) mass is 263 g/mol. The number of halogens is 1. The highest BCUT2D eigenvalue weighted by molar-refractivity contribution is 5.79. The van der Waals surface area contributed by atoms with Gasteiger partial charge in [0.15, 0.2) is 0 Å². The number of piperazine rings is 1. The first kappa shape index (κ1) is 12.4. The van der Waals surface area contributed by atoms with Gasteiger partial charge in [0.1, 0.15) is 5.82 Å². The van der Waals surface area contributed by atoms with Gasteiger partial charge in [0.05, 0.1) is 0 Å². The van der Waals surface area contributed by atoms with E-state index >= 15 is 0 Å². The van der Waals surface area contributed by atoms with Crippen LogP contribution in [0.2, 0.25) is 0 Å². The highest BCUT2D eigenvalue weighted by atomic mass is 19.1. The molecule has 3 rings (SSSR count). The normalized spacial score (nSPS) is 22.8. The molecule has 0 bridgehead atoms. The number of hydrogen-bond donors (Lipinski definition) is 1. The lowest BCUT2D eigenvalue weighted by molar-refractivity contribution is -0.129. The van der Waals surface area contributed by atoms with Crippen molar-refractivity contribution < 1.29 is 9.18 Å². The van der Waals surface area contributed by atoms with Gasteiger partial charge in [0.2, 0.25) is 5.91 Å². The molecule has 0 spiro atoms. The van der Waals surface area contributed by atoms with E-state index in [0.29, 0.717) is 13.0 Å². The number of benzene rings is 1. The van der Waals surface area contributed by atoms with E-state index in [-0.39, 0.29) is 17.8 Å². The first-order valence-corrected chi connectivity index (χ1v) is 6.71. The van der Waals surface area contributed by atoms with Crippen LogP contribution in [-0.4, -0.2) is 36.5 Å². The number of nitrogens with zero attached hydrogens (tertiary/aromatic N) is 2. The van der Waals surface area contributed by atoms with Crippen LogP contribution in [0.3, 0.4) is 0 Å². The van der Waals surface area contributed by atoms with Gasteiger partial charge in [-0.15, -0.1) is 0 Å². The summed E-state index contributed by atoms with van der Waals surface area (Å²) >= 11 is 0. The number of amides is 1. The summed E-state index contributed by atoms with van der Waals surface area (Å²) in [6.07, 6.45) is 1.56. The largest absolute Gasteiger partial charge is 0.368 e. The molecule has 0 aliphatic carbocycles. The SMILES string of the molecule is NCc1cc(F)cc(N2CCN3C(=O)CCC3C2)c1. The van der Waals surface area contributed by atoms with E-state index in [1.165, 1.54) is 6.07 Å². The third-order valence-corrected chi connectivity index (χ3v) is 4.04. The van der Waals surface area contributed by atoms with Crippen LogP contribution in [0.4, 0.5) is 10.1 Å². The van der Waals surface area contributed by atoms with E-state index in [1.54, 1.807) is 6.07 Å². The van der Waals surface area contributed by atoms with E-state index in [1.807, 2.05) is 11.0 Å². The summed E-state index contributed by atoms with van der Waals surface area (Å²) < 4.78 is 13.6. The average molecular weight is 263 g/mol. The standard InChI is InChI=1S/C14H18FN3O/c15-11-5-10(8-16)6-13(7-11)17-3-4-18-12(9-17)1-2-14(18)19/h5-7,12H,1-4,8-9,16H2. The van der Waals surface area contributed by atoms with Crippen LogP contribution in [0.15, 0.2) is 18.2 Å². The van der Waals surface area contributed by atoms with Crippen molar-refractivity contribution in [3.63, 3.8) is 0 Å². The first-order chi connectivity index (χ1) is 9.17. The maximum Gasteiger partial charge on any atom is 0.223 e. The summed E-state index contributed by atoms with van der Waals surface area (Å²) in [5.74, 6) is 0.00872. The molecule has 1 unspecified atom stereocenters. The second-order valence-corrected chi connectivity index (χ2v) is 5.25. The van der Waals surface area contributed by atoms with Crippen molar-refractivity contribution in [3.05, 3.63) is 29.6 Å². The highest BCUT2D eigenvalue weighted by Crippen LogP contribution is 2.27. The fourth-order valence-corrected chi connectivity index (χ4v) is 3.03. The molecule has 0 aromatic heterocycles. The van der Waals surface area contributed by atoms with E-state index in [4.69, 9.17) is 5.73 Å². The van der Waals surface area contributed by atoms with E-state index in [2.05, 4.69) is 4.90 Å². The molecule has 2 heterocycles. The Kier molecular flexibility index (Phi) is 3.14. The van der Waals surface area contributed by atoms with Crippen LogP contribution < -0.4 is 10.6 Å². The Morgan fingerprint density at radius 2 is 2.16 bits per heavy atom. The quantitative estimate of drug-likeness (QED) is 0.869. The third kappa shape index (κ3) is 2.30. The fourth-order valence-electron chi connectivity index (χ4n) is 3.03. The zero-order chi connectivity index (χ0) is 13.4. The molecule has 1 aromatic carbocycles. The minimum Gasteiger partial charge on any atom is -0.368 e. The fraction of sp³-hybridized carbons (Fsp3) is 0.500. The van der Waals surface area contributed by atoms with Gasteiger partial charge in [-0.25, -0.2) is 4.39 Å². The second-order valence-electron chi connectivity index (χ2n) is 5.25. The lowest BCUT2D eigenvalue weighted by Crippen LogP contribution is -2.51. The molecule has 0 radical (unpaired) electrons. The van der Waals surface area contributed by atoms with E-state index in [9.17, 15) is 9.18 Å². The van der Waals surface area contributed by atoms with Crippen molar-refractivity contribution in [3.8, 4) is 0 Å². The Bertz CT molecular complexity index is 505. The minimum atomic E-state index is -0.247. The summed E-state index contributed by atoms with van der Waals surface area (Å²) in [5, 5.41) is 0. The predicted octanol–water partition coefficient (Wildman–Crippen LogP) is 1.10. The van der Waals surface area contributed by atoms with Crippen molar-refractivity contribution >= 4 is 11.6 Å². The minimum absolute atomic E-state index is 0.247. The molecule has 2 aliphatic heterocycles. The zero-order valence-corrected chi connectivity index (χ0v) is 10.8. The van der Waals surface area contributed by atoms with Crippen LogP contribution in [0.25, 0.3) is 0 Å². The second kappa shape index (κ2) is 4.81. The molecule has 4 nitrogen and oxygen atoms in total. The molecule has 19 heavy (non-hydrogen) atoms. The Labute approximate surface area is 112 Å². The third-order valence-electron chi connectivity index (χ3n) is 4.04. The van der Waals surface area contributed by atoms with Gasteiger partial charge < -0.3 is 15.5 Å². The number of hydrogen-bond acceptors (Lipinski definition) is 3. The number of rotatable bonds is 2. The Balaban J connectivity index is 1.80. The maximum absolute atomic E-state index is 13.6. The molecule has 1 atom stereocenters. The van der Waals surface area contributed by atoms with Crippen LogP contribution in [0.5, 0.6) is 0 Å². The Hall–Kier alpha value is -1.62. The zero-order valence-electron chi connectivity index (χ0n) is 10.8. The lowest BCUT2D eigenvalue weighted by atomic mass is 10.1. The molecular weight excluding hydrogens is 245 g/mol. The summed E-state index contributed by atoms with van der Waals surface area (Å²) in [7, 11) is 0. The summed E-state index contributed by atoms with van der Waals surface area (Å²) in [6, 6.07) is 5.24. The molecule has 0 saturated carbocycles. The average Bonchev–Trinajstić information content (AvgIpc) is 2.79. The molecule has 5 heteroatoms. The van der Waals surface area contributed by atoms with Crippen LogP contribution >= 0.6 is 0 Å². The number of fused-ring (bicyclic) bond motifs is 1. The molecule has 1 aromatic rings. The molecule has 2 fully saturated rings. The lowest BCUT2D eigenvalue weighted by Gasteiger charge is -2.39. The van der Waals surface area contributed by atoms with Crippen molar-refractivity contribution in [2.24, 2.45) is 5.73 Å². The number of anilines is 1. The molecular formula is C14H18FN3O. The molecule has 2 saturated heterocycles. The smallest absolute Gasteiger partial charge is 0.223 e. The topological polar surface area (TPSA) is 49.6 Å². The van der Waals surface area contributed by atoms with Crippen molar-refractivity contribution in [2.75, 3.05) is 24.5 Å². The van der Waals surface area contributed by atoms with Crippen molar-refractivity contribution in [2.45, 2.75) is 25.4 Å². The number of nitrogens with two attached hydrogens (primary N) is 1. The van der Waals surface area contributed by atoms with Crippen molar-refractivity contribution in [1.29, 1.82) is 0 Å². The van der Waals surface area contributed by atoms with Gasteiger partial charge in [0.25, 0.3) is 0 Å². The Morgan fingerprint density at radius 1 is 1.32 bits per heavy atom. The van der Waals surface area contributed by atoms with Crippen LogP contribution in [0, 0.1) is 5.82 Å². The molecule has 1 amide bonds. The van der Waals surface area contributed by atoms with E-state index in [0.717, 1.165) is 37.3 Å². The molecule has 102 valence electrons. The van der Waals surface area contributed by atoms with Gasteiger partial charge in [0, 0.05) is 44.3 Å². The van der Waals surface area contributed by atoms with Crippen LogP contribution in [-0.2, 0) is 11.3 Å². The number of carbonyl (C=O) groups is 1. The highest BCUT2D eigenvalue weighted by Gasteiger charge is 2.35. The predicted molar refractivity (Wildman–Crippen MR) is 71.2 cm³/mol. The van der Waals surface area contributed by atoms with Gasteiger partial charge in [-0.1, -0.05) is 0 Å². The van der Waals surface area contributed by atoms with E-state index < -0.39 is 0 Å². The van der Waals surface area contributed by atoms with Crippen LogP contribution in [0.1, 0.15) is 18.4 Å². The Morgan fingerprint density at radius 3 is 2.95 bits per heavy atom. The van der Waals surface area contributed by atoms with Gasteiger partial charge in [-0.2, -0.15) is 0 Å². The molecule has 2 aliphatic rings. The van der Waals surface area contributed by atoms with Gasteiger partial charge in [-0.3, -0.25) is 4.79 Å². The first-order valence-electron chi connectivity index (χ1n) is 6.71. The number of carbonyl (C=O) groups excluding carboxylic acids is 1. The van der Waals surface area contributed by atoms with Gasteiger partial charge in [-0.05, 0) is 30.2 Å². The summed E-state index contributed by atoms with van der Waals surface area (Å²) in [5.41, 5.74) is 7.26. The summed E-state index contributed by atoms with van der Waals surface area (Å²) in [4.78, 5) is 15.7. The summed E-state index contributed by atoms with van der Waals surface area (Å²) in [6.45, 7) is 2.62. The molecule has 2 N–H and O–H groups in total.